The third-order valence-electron chi connectivity index (χ3n) is 0. The van der Waals surface area contributed by atoms with Crippen molar-refractivity contribution >= 4 is 46.5 Å². The summed E-state index contributed by atoms with van der Waals surface area (Å²) >= 11 is 0. The van der Waals surface area contributed by atoms with Gasteiger partial charge in [-0.25, -0.2) is 0 Å². The van der Waals surface area contributed by atoms with Crippen molar-refractivity contribution in [2.45, 2.75) is 0 Å². The van der Waals surface area contributed by atoms with E-state index in [1.807, 2.05) is 0 Å². The van der Waals surface area contributed by atoms with E-state index in [1.54, 1.807) is 0 Å². The average molecular weight is 137 g/mol. The fourth-order valence-electron chi connectivity index (χ4n) is 0. The molecule has 24 valence electrons. The molecular weight excluding hydrogens is 131 g/mol. The van der Waals surface area contributed by atoms with Crippen LogP contribution in [-0.2, 0) is 0 Å². The molecular formula is CH6BrNaO. The van der Waals surface area contributed by atoms with E-state index in [4.69, 9.17) is 5.11 Å². The normalized spacial score (nSPS) is 1.50. The van der Waals surface area contributed by atoms with Crippen LogP contribution in [0.3, 0.4) is 0 Å². The van der Waals surface area contributed by atoms with Gasteiger partial charge < -0.3 is 5.11 Å². The first kappa shape index (κ1) is 18.0. The Bertz CT molecular complexity index is 8.00. The fourth-order valence-corrected chi connectivity index (χ4v) is 0. The number of hydrogen-bond donors (Lipinski definition) is 1. The summed E-state index contributed by atoms with van der Waals surface area (Å²) < 4.78 is 0. The van der Waals surface area contributed by atoms with Gasteiger partial charge in [0.2, 0.25) is 0 Å². The van der Waals surface area contributed by atoms with Crippen molar-refractivity contribution in [3.63, 3.8) is 0 Å². The minimum atomic E-state index is 0. The Kier molecular flexibility index (Phi) is 114. The summed E-state index contributed by atoms with van der Waals surface area (Å²) in [7, 11) is 1.00. The van der Waals surface area contributed by atoms with Gasteiger partial charge in [0.15, 0.2) is 0 Å². The molecule has 0 aromatic rings. The molecule has 4 heavy (non-hydrogen) atoms. The van der Waals surface area contributed by atoms with Crippen molar-refractivity contribution in [1.82, 2.24) is 0 Å². The van der Waals surface area contributed by atoms with E-state index < -0.39 is 0 Å². The second kappa shape index (κ2) is 25.3. The number of aliphatic hydroxyl groups is 1. The summed E-state index contributed by atoms with van der Waals surface area (Å²) in [6.45, 7) is 0. The zero-order chi connectivity index (χ0) is 2.00. The Morgan fingerprint density at radius 3 is 1.25 bits per heavy atom. The van der Waals surface area contributed by atoms with Crippen LogP contribution in [0.4, 0.5) is 0 Å². The van der Waals surface area contributed by atoms with Gasteiger partial charge in [0.05, 0.1) is 0 Å². The van der Waals surface area contributed by atoms with Gasteiger partial charge in [0, 0.05) is 7.11 Å². The molecule has 0 aliphatic rings. The van der Waals surface area contributed by atoms with Crippen LogP contribution in [0.25, 0.3) is 0 Å². The number of aliphatic hydroxyl groups excluding tert-OH is 1. The molecule has 0 aliphatic heterocycles. The second-order valence-electron chi connectivity index (χ2n) is 0. The van der Waals surface area contributed by atoms with Crippen LogP contribution >= 0.6 is 17.0 Å². The molecule has 0 heterocycles. The van der Waals surface area contributed by atoms with E-state index in [9.17, 15) is 0 Å². The first-order valence-corrected chi connectivity index (χ1v) is 0.447. The third-order valence-corrected chi connectivity index (χ3v) is 0. The van der Waals surface area contributed by atoms with Crippen LogP contribution in [0.1, 0.15) is 0 Å². The molecule has 0 aromatic heterocycles. The molecule has 0 fully saturated rings. The van der Waals surface area contributed by atoms with Gasteiger partial charge in [-0.2, -0.15) is 0 Å². The van der Waals surface area contributed by atoms with Crippen LogP contribution in [0.2, 0.25) is 0 Å². The summed E-state index contributed by atoms with van der Waals surface area (Å²) in [6, 6.07) is 0. The van der Waals surface area contributed by atoms with Gasteiger partial charge in [-0.15, -0.1) is 17.0 Å². The molecule has 0 aliphatic carbocycles. The molecule has 0 saturated heterocycles. The van der Waals surface area contributed by atoms with E-state index in [-0.39, 0.29) is 46.5 Å². The Morgan fingerprint density at radius 2 is 1.25 bits per heavy atom. The first-order valence-electron chi connectivity index (χ1n) is 0.447. The van der Waals surface area contributed by atoms with E-state index in [0.29, 0.717) is 0 Å². The Labute approximate surface area is 58.5 Å². The van der Waals surface area contributed by atoms with Gasteiger partial charge in [-0.1, -0.05) is 0 Å². The summed E-state index contributed by atoms with van der Waals surface area (Å²) in [4.78, 5) is 0. The monoisotopic (exact) mass is 136 g/mol. The average Bonchev–Trinajstić information content (AvgIpc) is 1.00. The molecule has 0 aromatic carbocycles. The van der Waals surface area contributed by atoms with Gasteiger partial charge in [-0.05, 0) is 0 Å². The van der Waals surface area contributed by atoms with Crippen LogP contribution in [0, 0.1) is 0 Å². The van der Waals surface area contributed by atoms with Crippen LogP contribution in [0.15, 0.2) is 0 Å². The molecule has 0 rings (SSSR count). The van der Waals surface area contributed by atoms with Crippen molar-refractivity contribution in [1.29, 1.82) is 0 Å². The minimum absolute atomic E-state index is 0. The van der Waals surface area contributed by atoms with Gasteiger partial charge in [0.1, 0.15) is 0 Å². The molecule has 0 spiro atoms. The van der Waals surface area contributed by atoms with Crippen molar-refractivity contribution in [3.8, 4) is 0 Å². The first-order chi connectivity index (χ1) is 1.00. The molecule has 3 heteroatoms. The van der Waals surface area contributed by atoms with Crippen LogP contribution in [-0.4, -0.2) is 41.8 Å². The van der Waals surface area contributed by atoms with E-state index in [0.717, 1.165) is 7.11 Å². The van der Waals surface area contributed by atoms with Crippen LogP contribution in [0.5, 0.6) is 0 Å². The van der Waals surface area contributed by atoms with Gasteiger partial charge in [0.25, 0.3) is 0 Å². The van der Waals surface area contributed by atoms with E-state index in [2.05, 4.69) is 0 Å². The third kappa shape index (κ3) is 9.88. The van der Waals surface area contributed by atoms with Crippen LogP contribution < -0.4 is 0 Å². The topological polar surface area (TPSA) is 20.2 Å². The maximum absolute atomic E-state index is 7.00. The summed E-state index contributed by atoms with van der Waals surface area (Å²) in [5.41, 5.74) is 0. The molecule has 0 atom stereocenters. The molecule has 0 unspecified atom stereocenters. The summed E-state index contributed by atoms with van der Waals surface area (Å²) in [6.07, 6.45) is 0. The number of rotatable bonds is 0. The Balaban J connectivity index is -0.00000000500. The van der Waals surface area contributed by atoms with Gasteiger partial charge in [-0.3, -0.25) is 0 Å². The number of halogens is 1. The maximum atomic E-state index is 7.00. The predicted octanol–water partition coefficient (Wildman–Crippen LogP) is -0.462. The Hall–Kier alpha value is 1.44. The SMILES string of the molecule is Br.CO.[NaH]. The second-order valence-corrected chi connectivity index (χ2v) is 0. The number of hydrogen-bond acceptors (Lipinski definition) is 1. The molecule has 0 amide bonds. The van der Waals surface area contributed by atoms with Crippen molar-refractivity contribution < 1.29 is 5.11 Å². The molecule has 0 bridgehead atoms. The molecule has 1 nitrogen and oxygen atoms in total. The van der Waals surface area contributed by atoms with Crippen molar-refractivity contribution in [2.24, 2.45) is 0 Å². The summed E-state index contributed by atoms with van der Waals surface area (Å²) in [5, 5.41) is 7.00. The molecule has 1 N–H and O–H groups in total. The fraction of sp³-hybridized carbons (Fsp3) is 1.00. The zero-order valence-electron chi connectivity index (χ0n) is 1.86. The van der Waals surface area contributed by atoms with Gasteiger partial charge >= 0.3 is 29.6 Å². The zero-order valence-corrected chi connectivity index (χ0v) is 3.57. The van der Waals surface area contributed by atoms with Crippen molar-refractivity contribution in [2.75, 3.05) is 7.11 Å². The van der Waals surface area contributed by atoms with E-state index >= 15 is 0 Å². The summed E-state index contributed by atoms with van der Waals surface area (Å²) in [5.74, 6) is 0. The van der Waals surface area contributed by atoms with Crippen molar-refractivity contribution in [3.05, 3.63) is 0 Å². The molecule has 0 saturated carbocycles. The Morgan fingerprint density at radius 1 is 1.25 bits per heavy atom. The predicted molar refractivity (Wildman–Crippen MR) is 25.6 cm³/mol. The standard InChI is InChI=1S/CH4O.BrH.Na.H/c1-2;;;/h2H,1H3;1H;;. The molecule has 0 radical (unpaired) electrons. The van der Waals surface area contributed by atoms with E-state index in [1.165, 1.54) is 0 Å². The quantitative estimate of drug-likeness (QED) is 0.448.